The van der Waals surface area contributed by atoms with E-state index in [0.29, 0.717) is 36.9 Å². The van der Waals surface area contributed by atoms with Crippen molar-refractivity contribution in [1.82, 2.24) is 10.2 Å². The molecule has 1 aliphatic rings. The van der Waals surface area contributed by atoms with Crippen LogP contribution in [0.25, 0.3) is 0 Å². The maximum Gasteiger partial charge on any atom is 0.225 e. The highest BCUT2D eigenvalue weighted by Crippen LogP contribution is 2.29. The second-order valence-electron chi connectivity index (χ2n) is 6.16. The third-order valence-electron chi connectivity index (χ3n) is 4.42. The zero-order valence-electron chi connectivity index (χ0n) is 14.9. The molecule has 1 aliphatic heterocycles. The molecule has 1 aromatic heterocycles. The van der Waals surface area contributed by atoms with Crippen molar-refractivity contribution in [2.45, 2.75) is 19.5 Å². The van der Waals surface area contributed by atoms with Gasteiger partial charge in [0.2, 0.25) is 11.8 Å². The summed E-state index contributed by atoms with van der Waals surface area (Å²) in [5.41, 5.74) is 0.924. The maximum absolute atomic E-state index is 12.3. The van der Waals surface area contributed by atoms with Gasteiger partial charge in [0.05, 0.1) is 32.9 Å². The summed E-state index contributed by atoms with van der Waals surface area (Å²) in [5, 5.41) is 2.82. The molecular formula is C19H22N2O5. The van der Waals surface area contributed by atoms with E-state index in [-0.39, 0.29) is 24.2 Å². The number of rotatable bonds is 7. The number of hydrogen-bond acceptors (Lipinski definition) is 5. The quantitative estimate of drug-likeness (QED) is 0.818. The zero-order valence-corrected chi connectivity index (χ0v) is 14.9. The van der Waals surface area contributed by atoms with E-state index in [1.807, 2.05) is 18.2 Å². The lowest BCUT2D eigenvalue weighted by atomic mass is 10.1. The fraction of sp³-hybridized carbons (Fsp3) is 0.368. The van der Waals surface area contributed by atoms with E-state index in [1.54, 1.807) is 37.5 Å². The van der Waals surface area contributed by atoms with Gasteiger partial charge in [-0.05, 0) is 29.8 Å². The average molecular weight is 358 g/mol. The van der Waals surface area contributed by atoms with Crippen LogP contribution in [0, 0.1) is 5.92 Å². The summed E-state index contributed by atoms with van der Waals surface area (Å²) in [6.07, 6.45) is 1.78. The van der Waals surface area contributed by atoms with Crippen LogP contribution in [0.15, 0.2) is 41.0 Å². The number of carbonyl (C=O) groups excluding carboxylic acids is 2. The van der Waals surface area contributed by atoms with Crippen molar-refractivity contribution in [2.24, 2.45) is 5.92 Å². The lowest BCUT2D eigenvalue weighted by Crippen LogP contribution is -2.32. The predicted octanol–water partition coefficient (Wildman–Crippen LogP) is 1.96. The maximum atomic E-state index is 12.3. The molecule has 3 rings (SSSR count). The summed E-state index contributed by atoms with van der Waals surface area (Å²) in [7, 11) is 3.15. The van der Waals surface area contributed by atoms with E-state index in [2.05, 4.69) is 5.32 Å². The van der Waals surface area contributed by atoms with Crippen molar-refractivity contribution in [3.63, 3.8) is 0 Å². The van der Waals surface area contributed by atoms with E-state index in [0.717, 1.165) is 5.56 Å². The van der Waals surface area contributed by atoms with Gasteiger partial charge in [-0.1, -0.05) is 6.07 Å². The van der Waals surface area contributed by atoms with Gasteiger partial charge in [-0.2, -0.15) is 0 Å². The number of furan rings is 1. The summed E-state index contributed by atoms with van der Waals surface area (Å²) in [4.78, 5) is 26.3. The standard InChI is InChI=1S/C19H22N2O5/c1-24-16-6-5-13(8-17(16)25-2)11-21-12-14(9-18(21)22)19(23)20-10-15-4-3-7-26-15/h3-8,14H,9-12H2,1-2H3,(H,20,23). The molecule has 26 heavy (non-hydrogen) atoms. The molecule has 1 N–H and O–H groups in total. The van der Waals surface area contributed by atoms with E-state index in [1.165, 1.54) is 0 Å². The fourth-order valence-corrected chi connectivity index (χ4v) is 3.03. The van der Waals surface area contributed by atoms with E-state index in [4.69, 9.17) is 13.9 Å². The monoisotopic (exact) mass is 358 g/mol. The zero-order chi connectivity index (χ0) is 18.5. The highest BCUT2D eigenvalue weighted by Gasteiger charge is 2.34. The molecule has 1 saturated heterocycles. The minimum Gasteiger partial charge on any atom is -0.493 e. The molecule has 7 heteroatoms. The molecule has 0 radical (unpaired) electrons. The number of nitrogens with one attached hydrogen (secondary N) is 1. The van der Waals surface area contributed by atoms with Gasteiger partial charge < -0.3 is 24.1 Å². The van der Waals surface area contributed by atoms with Gasteiger partial charge in [-0.15, -0.1) is 0 Å². The molecule has 1 aromatic carbocycles. The Balaban J connectivity index is 1.58. The summed E-state index contributed by atoms with van der Waals surface area (Å²) >= 11 is 0. The van der Waals surface area contributed by atoms with Crippen LogP contribution in [0.3, 0.4) is 0 Å². The van der Waals surface area contributed by atoms with E-state index < -0.39 is 0 Å². The second-order valence-corrected chi connectivity index (χ2v) is 6.16. The summed E-state index contributed by atoms with van der Waals surface area (Å²) in [6.45, 7) is 1.16. The summed E-state index contributed by atoms with van der Waals surface area (Å²) in [6, 6.07) is 9.10. The van der Waals surface area contributed by atoms with Crippen LogP contribution in [0.1, 0.15) is 17.7 Å². The van der Waals surface area contributed by atoms with Gasteiger partial charge >= 0.3 is 0 Å². The third-order valence-corrected chi connectivity index (χ3v) is 4.42. The average Bonchev–Trinajstić information content (AvgIpc) is 3.30. The summed E-state index contributed by atoms with van der Waals surface area (Å²) in [5.74, 6) is 1.42. The van der Waals surface area contributed by atoms with Crippen molar-refractivity contribution >= 4 is 11.8 Å². The van der Waals surface area contributed by atoms with Crippen LogP contribution in [0.2, 0.25) is 0 Å². The number of hydrogen-bond donors (Lipinski definition) is 1. The number of ether oxygens (including phenoxy) is 2. The molecule has 1 unspecified atom stereocenters. The molecule has 2 heterocycles. The number of benzene rings is 1. The highest BCUT2D eigenvalue weighted by molar-refractivity contribution is 5.89. The Bertz CT molecular complexity index is 772. The molecule has 0 aliphatic carbocycles. The van der Waals surface area contributed by atoms with Crippen molar-refractivity contribution in [1.29, 1.82) is 0 Å². The van der Waals surface area contributed by atoms with Gasteiger partial charge in [0.25, 0.3) is 0 Å². The predicted molar refractivity (Wildman–Crippen MR) is 93.6 cm³/mol. The van der Waals surface area contributed by atoms with Gasteiger partial charge in [0, 0.05) is 19.5 Å². The Hall–Kier alpha value is -2.96. The van der Waals surface area contributed by atoms with Gasteiger partial charge in [-0.3, -0.25) is 9.59 Å². The minimum absolute atomic E-state index is 0.0297. The molecule has 0 bridgehead atoms. The lowest BCUT2D eigenvalue weighted by molar-refractivity contribution is -0.129. The van der Waals surface area contributed by atoms with Crippen LogP contribution in [-0.2, 0) is 22.7 Å². The Kier molecular flexibility index (Phi) is 5.46. The Labute approximate surface area is 151 Å². The Morgan fingerprint density at radius 1 is 1.27 bits per heavy atom. The SMILES string of the molecule is COc1ccc(CN2CC(C(=O)NCc3ccco3)CC2=O)cc1OC. The van der Waals surface area contributed by atoms with Crippen molar-refractivity contribution in [3.8, 4) is 11.5 Å². The first-order valence-corrected chi connectivity index (χ1v) is 8.39. The largest absolute Gasteiger partial charge is 0.493 e. The van der Waals surface area contributed by atoms with Gasteiger partial charge in [0.1, 0.15) is 5.76 Å². The van der Waals surface area contributed by atoms with Crippen molar-refractivity contribution in [2.75, 3.05) is 20.8 Å². The fourth-order valence-electron chi connectivity index (χ4n) is 3.03. The topological polar surface area (TPSA) is 81.0 Å². The van der Waals surface area contributed by atoms with Crippen molar-refractivity contribution in [3.05, 3.63) is 47.9 Å². The normalized spacial score (nSPS) is 16.6. The molecule has 0 saturated carbocycles. The number of amides is 2. The number of methoxy groups -OCH3 is 2. The summed E-state index contributed by atoms with van der Waals surface area (Å²) < 4.78 is 15.7. The van der Waals surface area contributed by atoms with Crippen LogP contribution in [0.4, 0.5) is 0 Å². The lowest BCUT2D eigenvalue weighted by Gasteiger charge is -2.18. The molecule has 138 valence electrons. The minimum atomic E-state index is -0.349. The van der Waals surface area contributed by atoms with Gasteiger partial charge in [-0.25, -0.2) is 0 Å². The van der Waals surface area contributed by atoms with Crippen LogP contribution >= 0.6 is 0 Å². The molecule has 7 nitrogen and oxygen atoms in total. The van der Waals surface area contributed by atoms with Crippen LogP contribution < -0.4 is 14.8 Å². The van der Waals surface area contributed by atoms with E-state index >= 15 is 0 Å². The van der Waals surface area contributed by atoms with E-state index in [9.17, 15) is 9.59 Å². The van der Waals surface area contributed by atoms with Gasteiger partial charge in [0.15, 0.2) is 11.5 Å². The first-order chi connectivity index (χ1) is 12.6. The van der Waals surface area contributed by atoms with Crippen LogP contribution in [-0.4, -0.2) is 37.5 Å². The molecule has 2 aromatic rings. The Morgan fingerprint density at radius 2 is 2.08 bits per heavy atom. The third kappa shape index (κ3) is 3.99. The molecule has 0 spiro atoms. The van der Waals surface area contributed by atoms with Crippen molar-refractivity contribution < 1.29 is 23.5 Å². The number of likely N-dealkylation sites (tertiary alicyclic amines) is 1. The first-order valence-electron chi connectivity index (χ1n) is 8.39. The van der Waals surface area contributed by atoms with Crippen LogP contribution in [0.5, 0.6) is 11.5 Å². The first kappa shape index (κ1) is 17.8. The highest BCUT2D eigenvalue weighted by atomic mass is 16.5. The molecule has 2 amide bonds. The smallest absolute Gasteiger partial charge is 0.225 e. The second kappa shape index (κ2) is 7.95. The Morgan fingerprint density at radius 3 is 2.77 bits per heavy atom. The number of carbonyl (C=O) groups is 2. The molecule has 1 atom stereocenters. The molecular weight excluding hydrogens is 336 g/mol. The number of nitrogens with zero attached hydrogens (tertiary/aromatic N) is 1. The molecule has 1 fully saturated rings.